The van der Waals surface area contributed by atoms with Gasteiger partial charge in [0.25, 0.3) is 5.91 Å². The highest BCUT2D eigenvalue weighted by Gasteiger charge is 2.23. The maximum Gasteiger partial charge on any atom is 0.251 e. The summed E-state index contributed by atoms with van der Waals surface area (Å²) in [6.45, 7) is 5.23. The van der Waals surface area contributed by atoms with Gasteiger partial charge in [0.2, 0.25) is 5.91 Å². The number of hydrogen-bond donors (Lipinski definition) is 3. The van der Waals surface area contributed by atoms with Crippen molar-refractivity contribution < 1.29 is 9.59 Å². The zero-order chi connectivity index (χ0) is 14.5. The third-order valence-corrected chi connectivity index (χ3v) is 3.17. The summed E-state index contributed by atoms with van der Waals surface area (Å²) in [6, 6.07) is 3.40. The van der Waals surface area contributed by atoms with Gasteiger partial charge in [0, 0.05) is 30.8 Å². The number of aromatic nitrogens is 1. The standard InChI is InChI=1S/C14H20N4O2/c1-3-10-5-9(6-12(17-10)15-4-2)14(20)18-11-7-13(19)16-8-11/h5-6,11H,3-4,7-8H2,1-2H3,(H,15,17)(H,16,19)(H,18,20). The molecule has 0 spiro atoms. The molecule has 1 fully saturated rings. The van der Waals surface area contributed by atoms with Crippen LogP contribution in [-0.2, 0) is 11.2 Å². The molecule has 2 heterocycles. The minimum atomic E-state index is -0.164. The number of nitrogens with one attached hydrogen (secondary N) is 3. The van der Waals surface area contributed by atoms with Gasteiger partial charge in [-0.3, -0.25) is 9.59 Å². The predicted molar refractivity (Wildman–Crippen MR) is 76.7 cm³/mol. The van der Waals surface area contributed by atoms with Crippen molar-refractivity contribution >= 4 is 17.6 Å². The summed E-state index contributed by atoms with van der Waals surface area (Å²) in [5.41, 5.74) is 1.45. The summed E-state index contributed by atoms with van der Waals surface area (Å²) in [5, 5.41) is 8.69. The minimum absolute atomic E-state index is 0.0207. The molecule has 20 heavy (non-hydrogen) atoms. The molecule has 2 amide bonds. The first kappa shape index (κ1) is 14.3. The summed E-state index contributed by atoms with van der Waals surface area (Å²) in [5.74, 6) is 0.521. The molecule has 2 rings (SSSR count). The van der Waals surface area contributed by atoms with Crippen LogP contribution in [0.15, 0.2) is 12.1 Å². The minimum Gasteiger partial charge on any atom is -0.370 e. The Hall–Kier alpha value is -2.11. The second-order valence-electron chi connectivity index (χ2n) is 4.79. The van der Waals surface area contributed by atoms with Crippen LogP contribution in [0.25, 0.3) is 0 Å². The lowest BCUT2D eigenvalue weighted by molar-refractivity contribution is -0.119. The Kier molecular flexibility index (Phi) is 4.55. The fourth-order valence-electron chi connectivity index (χ4n) is 2.15. The lowest BCUT2D eigenvalue weighted by Crippen LogP contribution is -2.36. The molecule has 1 aliphatic rings. The van der Waals surface area contributed by atoms with Gasteiger partial charge in [0.05, 0.1) is 6.04 Å². The van der Waals surface area contributed by atoms with Crippen molar-refractivity contribution in [2.75, 3.05) is 18.4 Å². The molecule has 1 atom stereocenters. The van der Waals surface area contributed by atoms with Crippen LogP contribution in [0.5, 0.6) is 0 Å². The van der Waals surface area contributed by atoms with E-state index in [2.05, 4.69) is 20.9 Å². The van der Waals surface area contributed by atoms with Crippen molar-refractivity contribution in [3.63, 3.8) is 0 Å². The van der Waals surface area contributed by atoms with Crippen LogP contribution in [0.4, 0.5) is 5.82 Å². The Bertz CT molecular complexity index is 516. The maximum absolute atomic E-state index is 12.2. The normalized spacial score (nSPS) is 17.7. The van der Waals surface area contributed by atoms with E-state index in [1.807, 2.05) is 13.8 Å². The van der Waals surface area contributed by atoms with Crippen LogP contribution in [0.1, 0.15) is 36.3 Å². The topological polar surface area (TPSA) is 83.1 Å². The fourth-order valence-corrected chi connectivity index (χ4v) is 2.15. The summed E-state index contributed by atoms with van der Waals surface area (Å²) in [4.78, 5) is 27.8. The van der Waals surface area contributed by atoms with Crippen molar-refractivity contribution in [3.8, 4) is 0 Å². The lowest BCUT2D eigenvalue weighted by Gasteiger charge is -2.12. The Morgan fingerprint density at radius 3 is 2.85 bits per heavy atom. The molecule has 1 aliphatic heterocycles. The monoisotopic (exact) mass is 276 g/mol. The third-order valence-electron chi connectivity index (χ3n) is 3.17. The summed E-state index contributed by atoms with van der Waals surface area (Å²) in [6.07, 6.45) is 1.11. The van der Waals surface area contributed by atoms with Crippen molar-refractivity contribution in [2.45, 2.75) is 32.7 Å². The first-order chi connectivity index (χ1) is 9.62. The number of nitrogens with zero attached hydrogens (tertiary/aromatic N) is 1. The highest BCUT2D eigenvalue weighted by Crippen LogP contribution is 2.12. The molecular weight excluding hydrogens is 256 g/mol. The van der Waals surface area contributed by atoms with Gasteiger partial charge in [0.1, 0.15) is 5.82 Å². The Morgan fingerprint density at radius 1 is 1.45 bits per heavy atom. The van der Waals surface area contributed by atoms with Gasteiger partial charge in [-0.2, -0.15) is 0 Å². The smallest absolute Gasteiger partial charge is 0.251 e. The molecular formula is C14H20N4O2. The largest absolute Gasteiger partial charge is 0.370 e. The molecule has 6 nitrogen and oxygen atoms in total. The highest BCUT2D eigenvalue weighted by molar-refractivity contribution is 5.95. The Labute approximate surface area is 118 Å². The van der Waals surface area contributed by atoms with E-state index in [1.165, 1.54) is 0 Å². The molecule has 1 unspecified atom stereocenters. The van der Waals surface area contributed by atoms with Gasteiger partial charge in [-0.25, -0.2) is 4.98 Å². The number of carbonyl (C=O) groups excluding carboxylic acids is 2. The molecule has 1 saturated heterocycles. The molecule has 1 aromatic heterocycles. The van der Waals surface area contributed by atoms with E-state index < -0.39 is 0 Å². The second kappa shape index (κ2) is 6.36. The Balaban J connectivity index is 2.11. The summed E-state index contributed by atoms with van der Waals surface area (Å²) >= 11 is 0. The van der Waals surface area contributed by atoms with E-state index in [4.69, 9.17) is 0 Å². The molecule has 0 aliphatic carbocycles. The molecule has 0 aromatic carbocycles. The van der Waals surface area contributed by atoms with Gasteiger partial charge in [-0.05, 0) is 25.5 Å². The molecule has 6 heteroatoms. The van der Waals surface area contributed by atoms with Gasteiger partial charge in [0.15, 0.2) is 0 Å². The SMILES string of the molecule is CCNc1cc(C(=O)NC2CNC(=O)C2)cc(CC)n1. The van der Waals surface area contributed by atoms with E-state index in [0.29, 0.717) is 24.3 Å². The van der Waals surface area contributed by atoms with E-state index in [1.54, 1.807) is 12.1 Å². The lowest BCUT2D eigenvalue weighted by atomic mass is 10.1. The number of hydrogen-bond acceptors (Lipinski definition) is 4. The van der Waals surface area contributed by atoms with Crippen LogP contribution in [0.2, 0.25) is 0 Å². The fraction of sp³-hybridized carbons (Fsp3) is 0.500. The summed E-state index contributed by atoms with van der Waals surface area (Å²) in [7, 11) is 0. The van der Waals surface area contributed by atoms with Gasteiger partial charge < -0.3 is 16.0 Å². The molecule has 108 valence electrons. The second-order valence-corrected chi connectivity index (χ2v) is 4.79. The highest BCUT2D eigenvalue weighted by atomic mass is 16.2. The first-order valence-electron chi connectivity index (χ1n) is 6.94. The van der Waals surface area contributed by atoms with E-state index in [-0.39, 0.29) is 17.9 Å². The van der Waals surface area contributed by atoms with Crippen molar-refractivity contribution in [3.05, 3.63) is 23.4 Å². The summed E-state index contributed by atoms with van der Waals surface area (Å²) < 4.78 is 0. The number of aryl methyl sites for hydroxylation is 1. The van der Waals surface area contributed by atoms with Crippen molar-refractivity contribution in [2.24, 2.45) is 0 Å². The maximum atomic E-state index is 12.2. The number of rotatable bonds is 5. The van der Waals surface area contributed by atoms with Gasteiger partial charge >= 0.3 is 0 Å². The van der Waals surface area contributed by atoms with Crippen molar-refractivity contribution in [1.82, 2.24) is 15.6 Å². The average Bonchev–Trinajstić information content (AvgIpc) is 2.84. The van der Waals surface area contributed by atoms with Crippen molar-refractivity contribution in [1.29, 1.82) is 0 Å². The first-order valence-corrected chi connectivity index (χ1v) is 6.94. The molecule has 1 aromatic rings. The van der Waals surface area contributed by atoms with E-state index in [9.17, 15) is 9.59 Å². The number of anilines is 1. The van der Waals surface area contributed by atoms with E-state index >= 15 is 0 Å². The van der Waals surface area contributed by atoms with Gasteiger partial charge in [-0.1, -0.05) is 6.92 Å². The molecule has 0 radical (unpaired) electrons. The number of pyridine rings is 1. The molecule has 0 saturated carbocycles. The molecule has 3 N–H and O–H groups in total. The van der Waals surface area contributed by atoms with E-state index in [0.717, 1.165) is 18.7 Å². The van der Waals surface area contributed by atoms with Crippen LogP contribution in [-0.4, -0.2) is 35.9 Å². The third kappa shape index (κ3) is 3.46. The number of carbonyl (C=O) groups is 2. The van der Waals surface area contributed by atoms with Gasteiger partial charge in [-0.15, -0.1) is 0 Å². The predicted octanol–water partition coefficient (Wildman–Crippen LogP) is 0.694. The van der Waals surface area contributed by atoms with Crippen LogP contribution >= 0.6 is 0 Å². The molecule has 0 bridgehead atoms. The number of amides is 2. The zero-order valence-corrected chi connectivity index (χ0v) is 11.8. The van der Waals surface area contributed by atoms with Crippen LogP contribution < -0.4 is 16.0 Å². The Morgan fingerprint density at radius 2 is 2.25 bits per heavy atom. The quantitative estimate of drug-likeness (QED) is 0.739. The zero-order valence-electron chi connectivity index (χ0n) is 11.8. The van der Waals surface area contributed by atoms with Crippen LogP contribution in [0.3, 0.4) is 0 Å². The average molecular weight is 276 g/mol. The van der Waals surface area contributed by atoms with Crippen LogP contribution in [0, 0.1) is 0 Å².